The molecular weight excluding hydrogens is 320 g/mol. The third kappa shape index (κ3) is 3.84. The molecule has 0 fully saturated rings. The Hall–Kier alpha value is -1.73. The van der Waals surface area contributed by atoms with Gasteiger partial charge in [-0.1, -0.05) is 13.8 Å². The second-order valence-corrected chi connectivity index (χ2v) is 7.52. The fourth-order valence-corrected chi connectivity index (χ4v) is 3.57. The van der Waals surface area contributed by atoms with Crippen LogP contribution in [0.1, 0.15) is 41.7 Å². The van der Waals surface area contributed by atoms with Crippen molar-refractivity contribution in [3.8, 4) is 0 Å². The minimum Gasteiger partial charge on any atom is -0.369 e. The van der Waals surface area contributed by atoms with Crippen molar-refractivity contribution in [1.82, 2.24) is 20.3 Å². The summed E-state index contributed by atoms with van der Waals surface area (Å²) in [5.74, 6) is 2.24. The summed E-state index contributed by atoms with van der Waals surface area (Å²) in [5, 5.41) is 10.3. The van der Waals surface area contributed by atoms with Crippen LogP contribution in [0.5, 0.6) is 0 Å². The highest BCUT2D eigenvalue weighted by atomic mass is 32.1. The molecule has 130 valence electrons. The Morgan fingerprint density at radius 1 is 1.29 bits per heavy atom. The first-order valence-electron chi connectivity index (χ1n) is 8.50. The van der Waals surface area contributed by atoms with Gasteiger partial charge >= 0.3 is 0 Å². The van der Waals surface area contributed by atoms with Gasteiger partial charge in [0.05, 0.1) is 16.4 Å². The Balaban J connectivity index is 1.70. The van der Waals surface area contributed by atoms with Crippen molar-refractivity contribution >= 4 is 23.1 Å². The molecule has 24 heavy (non-hydrogen) atoms. The van der Waals surface area contributed by atoms with Crippen LogP contribution in [0.3, 0.4) is 0 Å². The zero-order valence-corrected chi connectivity index (χ0v) is 15.7. The first-order chi connectivity index (χ1) is 11.5. The molecule has 0 spiro atoms. The van der Waals surface area contributed by atoms with Gasteiger partial charge in [-0.3, -0.25) is 0 Å². The van der Waals surface area contributed by atoms with Crippen molar-refractivity contribution in [3.63, 3.8) is 0 Å². The number of nitrogens with one attached hydrogen (secondary N) is 2. The molecule has 2 aromatic rings. The number of hydrogen-bond acceptors (Lipinski definition) is 7. The molecule has 7 heteroatoms. The van der Waals surface area contributed by atoms with Gasteiger partial charge < -0.3 is 15.5 Å². The number of fused-ring (bicyclic) bond motifs is 1. The molecular formula is C17H26N6S. The van der Waals surface area contributed by atoms with Crippen LogP contribution in [-0.2, 0) is 19.4 Å². The number of thiazole rings is 1. The van der Waals surface area contributed by atoms with Gasteiger partial charge in [0.2, 0.25) is 5.95 Å². The summed E-state index contributed by atoms with van der Waals surface area (Å²) in [4.78, 5) is 16.0. The molecule has 1 aliphatic rings. The van der Waals surface area contributed by atoms with Crippen LogP contribution < -0.4 is 15.5 Å². The SMILES string of the molecule is CC(C)c1nc(CCNc2nc(N(C)C)nc3c2CCNC3)cs1. The van der Waals surface area contributed by atoms with Crippen molar-refractivity contribution in [2.45, 2.75) is 39.2 Å². The Kier molecular flexibility index (Phi) is 5.30. The molecule has 3 heterocycles. The van der Waals surface area contributed by atoms with E-state index in [1.54, 1.807) is 11.3 Å². The molecule has 0 radical (unpaired) electrons. The van der Waals surface area contributed by atoms with E-state index in [4.69, 9.17) is 9.97 Å². The lowest BCUT2D eigenvalue weighted by Gasteiger charge is -2.22. The Labute approximate surface area is 147 Å². The van der Waals surface area contributed by atoms with Crippen molar-refractivity contribution in [3.05, 3.63) is 27.3 Å². The second kappa shape index (κ2) is 7.44. The van der Waals surface area contributed by atoms with E-state index in [1.165, 1.54) is 10.6 Å². The molecule has 0 aromatic carbocycles. The average Bonchev–Trinajstić information content (AvgIpc) is 3.03. The maximum absolute atomic E-state index is 4.71. The summed E-state index contributed by atoms with van der Waals surface area (Å²) in [6.07, 6.45) is 1.89. The number of nitrogens with zero attached hydrogens (tertiary/aromatic N) is 4. The molecule has 0 unspecified atom stereocenters. The highest BCUT2D eigenvalue weighted by Crippen LogP contribution is 2.23. The molecule has 6 nitrogen and oxygen atoms in total. The van der Waals surface area contributed by atoms with Crippen molar-refractivity contribution in [2.24, 2.45) is 0 Å². The molecule has 2 aromatic heterocycles. The lowest BCUT2D eigenvalue weighted by Crippen LogP contribution is -2.28. The Morgan fingerprint density at radius 2 is 2.12 bits per heavy atom. The van der Waals surface area contributed by atoms with Gasteiger partial charge in [-0.05, 0) is 13.0 Å². The highest BCUT2D eigenvalue weighted by Gasteiger charge is 2.18. The third-order valence-corrected chi connectivity index (χ3v) is 5.26. The monoisotopic (exact) mass is 346 g/mol. The van der Waals surface area contributed by atoms with Gasteiger partial charge in [-0.25, -0.2) is 9.97 Å². The van der Waals surface area contributed by atoms with E-state index in [9.17, 15) is 0 Å². The topological polar surface area (TPSA) is 66.0 Å². The van der Waals surface area contributed by atoms with Crippen LogP contribution >= 0.6 is 11.3 Å². The molecule has 2 N–H and O–H groups in total. The molecule has 0 amide bonds. The summed E-state index contributed by atoms with van der Waals surface area (Å²) in [7, 11) is 3.95. The van der Waals surface area contributed by atoms with Crippen LogP contribution in [-0.4, -0.2) is 42.1 Å². The minimum atomic E-state index is 0.501. The summed E-state index contributed by atoms with van der Waals surface area (Å²) >= 11 is 1.75. The predicted octanol–water partition coefficient (Wildman–Crippen LogP) is 2.42. The fourth-order valence-electron chi connectivity index (χ4n) is 2.70. The van der Waals surface area contributed by atoms with Gasteiger partial charge in [-0.15, -0.1) is 11.3 Å². The minimum absolute atomic E-state index is 0.501. The highest BCUT2D eigenvalue weighted by molar-refractivity contribution is 7.09. The normalized spacial score (nSPS) is 13.9. The van der Waals surface area contributed by atoms with Crippen molar-refractivity contribution < 1.29 is 0 Å². The van der Waals surface area contributed by atoms with Gasteiger partial charge in [0, 0.05) is 50.5 Å². The predicted molar refractivity (Wildman–Crippen MR) is 100 cm³/mol. The van der Waals surface area contributed by atoms with Crippen LogP contribution in [0.25, 0.3) is 0 Å². The number of rotatable bonds is 6. The van der Waals surface area contributed by atoms with Crippen molar-refractivity contribution in [1.29, 1.82) is 0 Å². The summed E-state index contributed by atoms with van der Waals surface area (Å²) in [6.45, 7) is 7.01. The number of aromatic nitrogens is 3. The van der Waals surface area contributed by atoms with Gasteiger partial charge in [0.25, 0.3) is 0 Å². The maximum Gasteiger partial charge on any atom is 0.227 e. The standard InChI is InChI=1S/C17H26N6S/c1-11(2)16-20-12(10-24-16)5-8-19-15-13-6-7-18-9-14(13)21-17(22-15)23(3)4/h10-11,18H,5-9H2,1-4H3,(H,19,21,22). The third-order valence-electron chi connectivity index (χ3n) is 4.06. The molecule has 0 saturated carbocycles. The van der Waals surface area contributed by atoms with E-state index in [0.717, 1.165) is 55.6 Å². The lowest BCUT2D eigenvalue weighted by atomic mass is 10.1. The van der Waals surface area contributed by atoms with E-state index >= 15 is 0 Å². The molecule has 0 saturated heterocycles. The fraction of sp³-hybridized carbons (Fsp3) is 0.588. The van der Waals surface area contributed by atoms with Crippen LogP contribution in [0.15, 0.2) is 5.38 Å². The summed E-state index contributed by atoms with van der Waals surface area (Å²) < 4.78 is 0. The Bertz CT molecular complexity index is 694. The average molecular weight is 347 g/mol. The largest absolute Gasteiger partial charge is 0.369 e. The van der Waals surface area contributed by atoms with Crippen LogP contribution in [0, 0.1) is 0 Å². The van der Waals surface area contributed by atoms with Gasteiger partial charge in [0.15, 0.2) is 0 Å². The van der Waals surface area contributed by atoms with Gasteiger partial charge in [-0.2, -0.15) is 4.98 Å². The zero-order valence-electron chi connectivity index (χ0n) is 14.9. The second-order valence-electron chi connectivity index (χ2n) is 6.63. The number of anilines is 2. The lowest BCUT2D eigenvalue weighted by molar-refractivity contribution is 0.623. The van der Waals surface area contributed by atoms with E-state index in [2.05, 4.69) is 34.8 Å². The van der Waals surface area contributed by atoms with Gasteiger partial charge in [0.1, 0.15) is 5.82 Å². The van der Waals surface area contributed by atoms with E-state index in [0.29, 0.717) is 5.92 Å². The maximum atomic E-state index is 4.71. The molecule has 3 rings (SSSR count). The van der Waals surface area contributed by atoms with Crippen LogP contribution in [0.4, 0.5) is 11.8 Å². The van der Waals surface area contributed by atoms with E-state index in [1.807, 2.05) is 19.0 Å². The molecule has 1 aliphatic heterocycles. The molecule has 0 bridgehead atoms. The van der Waals surface area contributed by atoms with Crippen LogP contribution in [0.2, 0.25) is 0 Å². The first-order valence-corrected chi connectivity index (χ1v) is 9.38. The quantitative estimate of drug-likeness (QED) is 0.837. The summed E-state index contributed by atoms with van der Waals surface area (Å²) in [6, 6.07) is 0. The van der Waals surface area contributed by atoms with E-state index < -0.39 is 0 Å². The Morgan fingerprint density at radius 3 is 2.83 bits per heavy atom. The molecule has 0 aliphatic carbocycles. The zero-order chi connectivity index (χ0) is 17.1. The number of hydrogen-bond donors (Lipinski definition) is 2. The van der Waals surface area contributed by atoms with Crippen molar-refractivity contribution in [2.75, 3.05) is 37.4 Å². The molecule has 0 atom stereocenters. The summed E-state index contributed by atoms with van der Waals surface area (Å²) in [5.41, 5.74) is 3.52. The smallest absolute Gasteiger partial charge is 0.227 e. The van der Waals surface area contributed by atoms with E-state index in [-0.39, 0.29) is 0 Å². The first kappa shape index (κ1) is 17.1.